The Kier molecular flexibility index (Phi) is 4.94. The highest BCUT2D eigenvalue weighted by Crippen LogP contribution is 2.34. The van der Waals surface area contributed by atoms with Crippen molar-refractivity contribution in [1.82, 2.24) is 0 Å². The summed E-state index contributed by atoms with van der Waals surface area (Å²) in [5.74, 6) is -3.27. The second-order valence-corrected chi connectivity index (χ2v) is 5.66. The van der Waals surface area contributed by atoms with Gasteiger partial charge in [0.25, 0.3) is 5.92 Å². The van der Waals surface area contributed by atoms with E-state index in [0.29, 0.717) is 0 Å². The summed E-state index contributed by atoms with van der Waals surface area (Å²) in [5.41, 5.74) is 3.78. The molecule has 1 aromatic rings. The monoisotopic (exact) mass is 306 g/mol. The number of rotatable bonds is 3. The molecule has 1 rings (SSSR count). The first-order valence-corrected chi connectivity index (χ1v) is 6.31. The van der Waals surface area contributed by atoms with Crippen LogP contribution in [-0.2, 0) is 10.7 Å². The van der Waals surface area contributed by atoms with Crippen LogP contribution in [0, 0.1) is 0 Å². The standard InChI is InChI=1S/C13H17ClF2N2O2/c1-12(2,3)20-11(19)18-10-6-8(14)4-5-9(10)13(15,16)7-17/h4-6H,7,17H2,1-3H3,(H,18,19). The third-order valence-electron chi connectivity index (χ3n) is 2.27. The summed E-state index contributed by atoms with van der Waals surface area (Å²) in [6.45, 7) is 4.12. The molecule has 7 heteroatoms. The molecule has 0 saturated heterocycles. The molecule has 0 aliphatic heterocycles. The Morgan fingerprint density at radius 3 is 2.50 bits per heavy atom. The van der Waals surface area contributed by atoms with E-state index in [1.165, 1.54) is 12.1 Å². The first-order chi connectivity index (χ1) is 9.05. The number of nitrogens with two attached hydrogens (primary N) is 1. The van der Waals surface area contributed by atoms with Crippen LogP contribution >= 0.6 is 11.6 Å². The number of carbonyl (C=O) groups excluding carboxylic acids is 1. The molecule has 0 fully saturated rings. The maximum Gasteiger partial charge on any atom is 0.412 e. The molecule has 0 spiro atoms. The summed E-state index contributed by atoms with van der Waals surface area (Å²) in [6, 6.07) is 3.66. The maximum absolute atomic E-state index is 13.7. The molecule has 0 bridgehead atoms. The van der Waals surface area contributed by atoms with E-state index < -0.39 is 29.7 Å². The molecule has 0 radical (unpaired) electrons. The van der Waals surface area contributed by atoms with Gasteiger partial charge in [-0.05, 0) is 39.0 Å². The van der Waals surface area contributed by atoms with E-state index in [1.54, 1.807) is 20.8 Å². The SMILES string of the molecule is CC(C)(C)OC(=O)Nc1cc(Cl)ccc1C(F)(F)CN. The number of ether oxygens (including phenoxy) is 1. The molecule has 0 aromatic heterocycles. The predicted octanol–water partition coefficient (Wildman–Crippen LogP) is 3.74. The van der Waals surface area contributed by atoms with Crippen LogP contribution in [0.15, 0.2) is 18.2 Å². The number of hydrogen-bond acceptors (Lipinski definition) is 3. The Morgan fingerprint density at radius 2 is 2.00 bits per heavy atom. The van der Waals surface area contributed by atoms with Gasteiger partial charge in [0, 0.05) is 10.6 Å². The fraction of sp³-hybridized carbons (Fsp3) is 0.462. The molecule has 1 amide bonds. The van der Waals surface area contributed by atoms with Crippen LogP contribution in [0.4, 0.5) is 19.3 Å². The summed E-state index contributed by atoms with van der Waals surface area (Å²) in [5, 5.41) is 2.48. The van der Waals surface area contributed by atoms with Crippen molar-refractivity contribution in [2.75, 3.05) is 11.9 Å². The zero-order chi connectivity index (χ0) is 15.6. The Bertz CT molecular complexity index is 502. The van der Waals surface area contributed by atoms with Crippen LogP contribution in [0.2, 0.25) is 5.02 Å². The van der Waals surface area contributed by atoms with E-state index >= 15 is 0 Å². The van der Waals surface area contributed by atoms with E-state index in [9.17, 15) is 13.6 Å². The number of benzene rings is 1. The summed E-state index contributed by atoms with van der Waals surface area (Å²) in [7, 11) is 0. The molecule has 0 aliphatic carbocycles. The van der Waals surface area contributed by atoms with Gasteiger partial charge in [-0.2, -0.15) is 8.78 Å². The fourth-order valence-electron chi connectivity index (χ4n) is 1.46. The van der Waals surface area contributed by atoms with Gasteiger partial charge in [-0.15, -0.1) is 0 Å². The molecule has 0 unspecified atom stereocenters. The van der Waals surface area contributed by atoms with Gasteiger partial charge >= 0.3 is 6.09 Å². The number of halogens is 3. The molecule has 3 N–H and O–H groups in total. The molecule has 1 aromatic carbocycles. The molecule has 112 valence electrons. The number of amides is 1. The molecule has 0 aliphatic rings. The Labute approximate surface area is 121 Å². The van der Waals surface area contributed by atoms with Crippen molar-refractivity contribution in [3.8, 4) is 0 Å². The third kappa shape index (κ3) is 4.61. The van der Waals surface area contributed by atoms with Gasteiger partial charge in [0.15, 0.2) is 0 Å². The van der Waals surface area contributed by atoms with Gasteiger partial charge in [0.05, 0.1) is 12.2 Å². The minimum atomic E-state index is -3.27. The molecule has 0 saturated carbocycles. The van der Waals surface area contributed by atoms with E-state index in [4.69, 9.17) is 22.1 Å². The smallest absolute Gasteiger partial charge is 0.412 e. The topological polar surface area (TPSA) is 64.3 Å². The summed E-state index contributed by atoms with van der Waals surface area (Å²) < 4.78 is 32.4. The minimum absolute atomic E-state index is 0.123. The average molecular weight is 307 g/mol. The van der Waals surface area contributed by atoms with Crippen LogP contribution in [0.3, 0.4) is 0 Å². The average Bonchev–Trinajstić information content (AvgIpc) is 2.25. The number of carbonyl (C=O) groups is 1. The molecule has 20 heavy (non-hydrogen) atoms. The van der Waals surface area contributed by atoms with Crippen molar-refractivity contribution in [1.29, 1.82) is 0 Å². The second-order valence-electron chi connectivity index (χ2n) is 5.23. The van der Waals surface area contributed by atoms with E-state index in [0.717, 1.165) is 6.07 Å². The van der Waals surface area contributed by atoms with Gasteiger partial charge in [0.2, 0.25) is 0 Å². The quantitative estimate of drug-likeness (QED) is 0.894. The van der Waals surface area contributed by atoms with Crippen LogP contribution in [0.5, 0.6) is 0 Å². The minimum Gasteiger partial charge on any atom is -0.444 e. The van der Waals surface area contributed by atoms with Gasteiger partial charge in [-0.3, -0.25) is 5.32 Å². The van der Waals surface area contributed by atoms with Crippen molar-refractivity contribution in [3.63, 3.8) is 0 Å². The fourth-order valence-corrected chi connectivity index (χ4v) is 1.63. The van der Waals surface area contributed by atoms with E-state index in [-0.39, 0.29) is 10.7 Å². The number of anilines is 1. The number of nitrogens with one attached hydrogen (secondary N) is 1. The lowest BCUT2D eigenvalue weighted by molar-refractivity contribution is 0.00666. The van der Waals surface area contributed by atoms with Gasteiger partial charge in [0.1, 0.15) is 5.60 Å². The highest BCUT2D eigenvalue weighted by atomic mass is 35.5. The summed E-state index contributed by atoms with van der Waals surface area (Å²) in [4.78, 5) is 11.7. The Balaban J connectivity index is 3.05. The number of hydrogen-bond donors (Lipinski definition) is 2. The highest BCUT2D eigenvalue weighted by molar-refractivity contribution is 6.31. The first kappa shape index (κ1) is 16.7. The predicted molar refractivity (Wildman–Crippen MR) is 74.3 cm³/mol. The maximum atomic E-state index is 13.7. The lowest BCUT2D eigenvalue weighted by atomic mass is 10.1. The molecular weight excluding hydrogens is 290 g/mol. The van der Waals surface area contributed by atoms with Crippen molar-refractivity contribution in [2.45, 2.75) is 32.3 Å². The highest BCUT2D eigenvalue weighted by Gasteiger charge is 2.33. The lowest BCUT2D eigenvalue weighted by Gasteiger charge is -2.22. The normalized spacial score (nSPS) is 12.2. The van der Waals surface area contributed by atoms with Crippen molar-refractivity contribution >= 4 is 23.4 Å². The first-order valence-electron chi connectivity index (χ1n) is 5.93. The zero-order valence-electron chi connectivity index (χ0n) is 11.5. The van der Waals surface area contributed by atoms with Crippen molar-refractivity contribution in [2.24, 2.45) is 5.73 Å². The third-order valence-corrected chi connectivity index (χ3v) is 2.50. The van der Waals surface area contributed by atoms with E-state index in [2.05, 4.69) is 5.32 Å². The van der Waals surface area contributed by atoms with Crippen LogP contribution in [0.1, 0.15) is 26.3 Å². The number of alkyl halides is 2. The molecule has 0 atom stereocenters. The van der Waals surface area contributed by atoms with Crippen LogP contribution in [0.25, 0.3) is 0 Å². The summed E-state index contributed by atoms with van der Waals surface area (Å²) >= 11 is 5.76. The largest absolute Gasteiger partial charge is 0.444 e. The molecular formula is C13H17ClF2N2O2. The summed E-state index contributed by atoms with van der Waals surface area (Å²) in [6.07, 6.45) is -0.839. The van der Waals surface area contributed by atoms with Gasteiger partial charge in [-0.1, -0.05) is 11.6 Å². The van der Waals surface area contributed by atoms with Crippen LogP contribution in [-0.4, -0.2) is 18.2 Å². The molecule has 4 nitrogen and oxygen atoms in total. The lowest BCUT2D eigenvalue weighted by Crippen LogP contribution is -2.30. The van der Waals surface area contributed by atoms with Crippen molar-refractivity contribution in [3.05, 3.63) is 28.8 Å². The van der Waals surface area contributed by atoms with Gasteiger partial charge < -0.3 is 10.5 Å². The molecule has 0 heterocycles. The van der Waals surface area contributed by atoms with Gasteiger partial charge in [-0.25, -0.2) is 4.79 Å². The zero-order valence-corrected chi connectivity index (χ0v) is 12.2. The van der Waals surface area contributed by atoms with Crippen molar-refractivity contribution < 1.29 is 18.3 Å². The van der Waals surface area contributed by atoms with E-state index in [1.807, 2.05) is 0 Å². The Hall–Kier alpha value is -1.40. The Morgan fingerprint density at radius 1 is 1.40 bits per heavy atom. The van der Waals surface area contributed by atoms with Crippen LogP contribution < -0.4 is 11.1 Å². The second kappa shape index (κ2) is 5.93.